The van der Waals surface area contributed by atoms with Gasteiger partial charge in [0.05, 0.1) is 18.9 Å². The Morgan fingerprint density at radius 2 is 1.95 bits per heavy atom. The molecule has 0 aliphatic carbocycles. The molecular weight excluding hydrogens is 270 g/mol. The minimum absolute atomic E-state index is 0.129. The number of nitrogens with zero attached hydrogens (tertiary/aromatic N) is 1. The van der Waals surface area contributed by atoms with Gasteiger partial charge in [-0.05, 0) is 30.7 Å². The Bertz CT molecular complexity index is 482. The molecule has 1 aromatic rings. The topological polar surface area (TPSA) is 55.8 Å². The number of carbonyl (C=O) groups is 2. The van der Waals surface area contributed by atoms with Crippen molar-refractivity contribution >= 4 is 12.2 Å². The average Bonchev–Trinajstić information content (AvgIpc) is 2.53. The lowest BCUT2D eigenvalue weighted by Crippen LogP contribution is -2.29. The highest BCUT2D eigenvalue weighted by atomic mass is 16.5. The van der Waals surface area contributed by atoms with E-state index in [1.165, 1.54) is 12.0 Å². The fourth-order valence-electron chi connectivity index (χ4n) is 1.66. The van der Waals surface area contributed by atoms with Crippen molar-refractivity contribution in [2.75, 3.05) is 26.9 Å². The van der Waals surface area contributed by atoms with Crippen molar-refractivity contribution in [1.82, 2.24) is 4.90 Å². The highest BCUT2D eigenvalue weighted by Crippen LogP contribution is 2.16. The molecule has 0 saturated heterocycles. The summed E-state index contributed by atoms with van der Waals surface area (Å²) >= 11 is 0. The maximum Gasteiger partial charge on any atom is 0.214 e. The summed E-state index contributed by atoms with van der Waals surface area (Å²) in [5, 5.41) is 0. The van der Waals surface area contributed by atoms with Crippen LogP contribution in [0.25, 0.3) is 0 Å². The van der Waals surface area contributed by atoms with Crippen LogP contribution in [0.2, 0.25) is 0 Å². The number of ether oxygens (including phenoxy) is 2. The zero-order chi connectivity index (χ0) is 15.7. The molecule has 5 heteroatoms. The van der Waals surface area contributed by atoms with Gasteiger partial charge < -0.3 is 14.4 Å². The maximum atomic E-state index is 12.3. The van der Waals surface area contributed by atoms with Crippen molar-refractivity contribution in [2.45, 2.75) is 13.3 Å². The third kappa shape index (κ3) is 5.04. The van der Waals surface area contributed by atoms with Crippen molar-refractivity contribution in [2.24, 2.45) is 0 Å². The van der Waals surface area contributed by atoms with Gasteiger partial charge in [-0.1, -0.05) is 13.5 Å². The van der Waals surface area contributed by atoms with Crippen LogP contribution < -0.4 is 4.74 Å². The zero-order valence-corrected chi connectivity index (χ0v) is 12.5. The molecule has 1 amide bonds. The third-order valence-corrected chi connectivity index (χ3v) is 2.86. The van der Waals surface area contributed by atoms with E-state index in [-0.39, 0.29) is 11.5 Å². The number of Topliss-reactive ketones (excluding diaryl/α,β-unsaturated/α-hetero) is 1. The molecule has 0 aliphatic heterocycles. The molecule has 21 heavy (non-hydrogen) atoms. The van der Waals surface area contributed by atoms with Crippen LogP contribution in [0.4, 0.5) is 0 Å². The number of methoxy groups -OCH3 is 1. The third-order valence-electron chi connectivity index (χ3n) is 2.86. The fraction of sp³-hybridized carbons (Fsp3) is 0.375. The van der Waals surface area contributed by atoms with Crippen molar-refractivity contribution in [1.29, 1.82) is 0 Å². The molecule has 0 fully saturated rings. The molecule has 0 N–H and O–H groups in total. The highest BCUT2D eigenvalue weighted by molar-refractivity contribution is 6.08. The number of benzene rings is 1. The minimum atomic E-state index is -0.291. The number of allylic oxidation sites excluding steroid dienone is 1. The van der Waals surface area contributed by atoms with E-state index in [2.05, 4.69) is 6.58 Å². The van der Waals surface area contributed by atoms with Gasteiger partial charge in [0.15, 0.2) is 0 Å². The van der Waals surface area contributed by atoms with Crippen LogP contribution in [0.1, 0.15) is 23.7 Å². The first-order valence-corrected chi connectivity index (χ1v) is 6.81. The van der Waals surface area contributed by atoms with Crippen molar-refractivity contribution in [3.05, 3.63) is 42.1 Å². The van der Waals surface area contributed by atoms with Gasteiger partial charge in [0.1, 0.15) is 5.75 Å². The van der Waals surface area contributed by atoms with Crippen LogP contribution >= 0.6 is 0 Å². The van der Waals surface area contributed by atoms with Crippen LogP contribution in [0.3, 0.4) is 0 Å². The summed E-state index contributed by atoms with van der Waals surface area (Å²) in [5.41, 5.74) is 0.595. The first-order valence-electron chi connectivity index (χ1n) is 6.81. The van der Waals surface area contributed by atoms with Gasteiger partial charge in [-0.25, -0.2) is 0 Å². The molecule has 0 spiro atoms. The lowest BCUT2D eigenvalue weighted by atomic mass is 10.1. The number of hydrogen-bond donors (Lipinski definition) is 0. The lowest BCUT2D eigenvalue weighted by Gasteiger charge is -2.18. The Morgan fingerprint density at radius 3 is 2.48 bits per heavy atom. The Hall–Kier alpha value is -2.14. The molecule has 0 bridgehead atoms. The molecule has 0 aromatic heterocycles. The number of ketones is 1. The highest BCUT2D eigenvalue weighted by Gasteiger charge is 2.16. The van der Waals surface area contributed by atoms with Crippen molar-refractivity contribution < 1.29 is 19.1 Å². The Kier molecular flexibility index (Phi) is 7.18. The molecular formula is C16H21NO4. The van der Waals surface area contributed by atoms with Crippen molar-refractivity contribution in [3.8, 4) is 5.75 Å². The molecule has 0 atom stereocenters. The van der Waals surface area contributed by atoms with Gasteiger partial charge in [-0.15, -0.1) is 0 Å². The summed E-state index contributed by atoms with van der Waals surface area (Å²) in [5.74, 6) is 0.422. The Labute approximate surface area is 125 Å². The molecule has 0 radical (unpaired) electrons. The Balaban J connectivity index is 2.72. The average molecular weight is 291 g/mol. The summed E-state index contributed by atoms with van der Waals surface area (Å²) in [4.78, 5) is 24.5. The lowest BCUT2D eigenvalue weighted by molar-refractivity contribution is -0.116. The summed E-state index contributed by atoms with van der Waals surface area (Å²) in [6.45, 7) is 6.98. The van der Waals surface area contributed by atoms with Crippen LogP contribution in [0.15, 0.2) is 36.5 Å². The second-order valence-electron chi connectivity index (χ2n) is 4.44. The molecule has 1 rings (SSSR count). The minimum Gasteiger partial charge on any atom is -0.494 e. The first kappa shape index (κ1) is 16.9. The van der Waals surface area contributed by atoms with E-state index in [1.54, 1.807) is 24.3 Å². The van der Waals surface area contributed by atoms with Crippen LogP contribution in [0.5, 0.6) is 5.75 Å². The molecule has 114 valence electrons. The normalized spacial score (nSPS) is 10.0. The predicted octanol–water partition coefficient (Wildman–Crippen LogP) is 2.28. The van der Waals surface area contributed by atoms with Crippen LogP contribution in [-0.2, 0) is 9.53 Å². The summed E-state index contributed by atoms with van der Waals surface area (Å²) < 4.78 is 10.3. The van der Waals surface area contributed by atoms with Gasteiger partial charge >= 0.3 is 0 Å². The van der Waals surface area contributed by atoms with Gasteiger partial charge in [0.25, 0.3) is 0 Å². The predicted molar refractivity (Wildman–Crippen MR) is 80.3 cm³/mol. The quantitative estimate of drug-likeness (QED) is 0.377. The smallest absolute Gasteiger partial charge is 0.214 e. The van der Waals surface area contributed by atoms with Gasteiger partial charge in [-0.3, -0.25) is 9.59 Å². The van der Waals surface area contributed by atoms with Crippen LogP contribution in [-0.4, -0.2) is 44.0 Å². The van der Waals surface area contributed by atoms with Crippen LogP contribution in [0, 0.1) is 0 Å². The van der Waals surface area contributed by atoms with E-state index in [0.717, 1.165) is 6.42 Å². The number of rotatable bonds is 10. The number of hydrogen-bond acceptors (Lipinski definition) is 4. The van der Waals surface area contributed by atoms with E-state index in [0.29, 0.717) is 37.5 Å². The molecule has 1 aromatic carbocycles. The molecule has 5 nitrogen and oxygen atoms in total. The number of carbonyl (C=O) groups excluding carboxylic acids is 2. The number of amides is 1. The standard InChI is InChI=1S/C16H21NO4/c1-4-10-21-15-7-5-14(6-8-15)16(19)13(2)17(12-18)9-11-20-3/h5-8,12H,2,4,9-11H2,1,3H3. The molecule has 0 saturated carbocycles. The largest absolute Gasteiger partial charge is 0.494 e. The van der Waals surface area contributed by atoms with E-state index in [1.807, 2.05) is 6.92 Å². The zero-order valence-electron chi connectivity index (χ0n) is 12.5. The van der Waals surface area contributed by atoms with Gasteiger partial charge in [0.2, 0.25) is 12.2 Å². The van der Waals surface area contributed by atoms with Crippen molar-refractivity contribution in [3.63, 3.8) is 0 Å². The van der Waals surface area contributed by atoms with Gasteiger partial charge in [-0.2, -0.15) is 0 Å². The maximum absolute atomic E-state index is 12.3. The second-order valence-corrected chi connectivity index (χ2v) is 4.44. The van der Waals surface area contributed by atoms with Gasteiger partial charge in [0, 0.05) is 19.2 Å². The summed E-state index contributed by atoms with van der Waals surface area (Å²) in [6, 6.07) is 6.79. The second kappa shape index (κ2) is 8.92. The molecule has 0 aliphatic rings. The molecule has 0 heterocycles. The van der Waals surface area contributed by atoms with E-state index in [4.69, 9.17) is 9.47 Å². The first-order chi connectivity index (χ1) is 10.1. The SMILES string of the molecule is C=C(C(=O)c1ccc(OCCC)cc1)N(C=O)CCOC. The van der Waals surface area contributed by atoms with E-state index < -0.39 is 0 Å². The molecule has 0 unspecified atom stereocenters. The Morgan fingerprint density at radius 1 is 1.29 bits per heavy atom. The monoisotopic (exact) mass is 291 g/mol. The fourth-order valence-corrected chi connectivity index (χ4v) is 1.66. The van der Waals surface area contributed by atoms with E-state index >= 15 is 0 Å². The summed E-state index contributed by atoms with van der Waals surface area (Å²) in [6.07, 6.45) is 1.50. The summed E-state index contributed by atoms with van der Waals surface area (Å²) in [7, 11) is 1.53. The van der Waals surface area contributed by atoms with E-state index in [9.17, 15) is 9.59 Å².